The van der Waals surface area contributed by atoms with Gasteiger partial charge in [0.25, 0.3) is 0 Å². The molecule has 0 saturated heterocycles. The number of fused-ring (bicyclic) bond motifs is 1. The SMILES string of the molecule is CCc1cc2c(nc1-c1ccc(C(C)C)nc1NC)c(C)cn2C(C)C. The zero-order valence-electron chi connectivity index (χ0n) is 17.0. The lowest BCUT2D eigenvalue weighted by atomic mass is 10.0. The summed E-state index contributed by atoms with van der Waals surface area (Å²) in [6, 6.07) is 7.01. The molecule has 0 aromatic carbocycles. The predicted molar refractivity (Wildman–Crippen MR) is 111 cm³/mol. The van der Waals surface area contributed by atoms with E-state index in [9.17, 15) is 0 Å². The molecule has 0 radical (unpaired) electrons. The first-order valence-corrected chi connectivity index (χ1v) is 9.57. The highest BCUT2D eigenvalue weighted by Gasteiger charge is 2.17. The van der Waals surface area contributed by atoms with Crippen molar-refractivity contribution in [3.8, 4) is 11.3 Å². The molecule has 138 valence electrons. The number of aromatic nitrogens is 3. The Labute approximate surface area is 156 Å². The van der Waals surface area contributed by atoms with Gasteiger partial charge in [0.1, 0.15) is 5.82 Å². The number of anilines is 1. The molecule has 3 aromatic rings. The fraction of sp³-hybridized carbons (Fsp3) is 0.455. The molecular formula is C22H30N4. The van der Waals surface area contributed by atoms with Gasteiger partial charge in [0, 0.05) is 30.5 Å². The number of rotatable bonds is 5. The summed E-state index contributed by atoms with van der Waals surface area (Å²) in [5.74, 6) is 1.30. The van der Waals surface area contributed by atoms with Crippen LogP contribution in [0, 0.1) is 6.92 Å². The van der Waals surface area contributed by atoms with Crippen molar-refractivity contribution >= 4 is 16.9 Å². The Balaban J connectivity index is 2.26. The molecule has 0 aliphatic rings. The molecule has 0 aliphatic heterocycles. The average molecular weight is 351 g/mol. The van der Waals surface area contributed by atoms with Gasteiger partial charge in [-0.15, -0.1) is 0 Å². The van der Waals surface area contributed by atoms with Gasteiger partial charge in [-0.3, -0.25) is 0 Å². The van der Waals surface area contributed by atoms with Gasteiger partial charge in [-0.05, 0) is 62.4 Å². The van der Waals surface area contributed by atoms with Gasteiger partial charge < -0.3 is 9.88 Å². The fourth-order valence-corrected chi connectivity index (χ4v) is 3.48. The fourth-order valence-electron chi connectivity index (χ4n) is 3.48. The Bertz CT molecular complexity index is 935. The first-order valence-electron chi connectivity index (χ1n) is 9.57. The molecule has 0 spiro atoms. The summed E-state index contributed by atoms with van der Waals surface area (Å²) in [6.07, 6.45) is 3.15. The molecule has 1 N–H and O–H groups in total. The second-order valence-electron chi connectivity index (χ2n) is 7.57. The van der Waals surface area contributed by atoms with Crippen molar-refractivity contribution < 1.29 is 0 Å². The van der Waals surface area contributed by atoms with Crippen molar-refractivity contribution in [2.75, 3.05) is 12.4 Å². The van der Waals surface area contributed by atoms with Crippen molar-refractivity contribution in [3.63, 3.8) is 0 Å². The average Bonchev–Trinajstić information content (AvgIpc) is 2.96. The van der Waals surface area contributed by atoms with Gasteiger partial charge in [0.05, 0.1) is 16.7 Å². The van der Waals surface area contributed by atoms with Crippen molar-refractivity contribution in [1.29, 1.82) is 0 Å². The molecule has 0 fully saturated rings. The van der Waals surface area contributed by atoms with Crippen LogP contribution in [-0.2, 0) is 6.42 Å². The van der Waals surface area contributed by atoms with Crippen LogP contribution in [0.25, 0.3) is 22.3 Å². The summed E-state index contributed by atoms with van der Waals surface area (Å²) >= 11 is 0. The minimum absolute atomic E-state index is 0.402. The molecule has 0 amide bonds. The van der Waals surface area contributed by atoms with E-state index in [1.165, 1.54) is 16.6 Å². The van der Waals surface area contributed by atoms with E-state index in [1.54, 1.807) is 0 Å². The lowest BCUT2D eigenvalue weighted by Crippen LogP contribution is -2.04. The van der Waals surface area contributed by atoms with E-state index in [4.69, 9.17) is 9.97 Å². The maximum atomic E-state index is 5.10. The molecule has 0 atom stereocenters. The Morgan fingerprint density at radius 1 is 1.12 bits per heavy atom. The van der Waals surface area contributed by atoms with Crippen LogP contribution in [0.3, 0.4) is 0 Å². The maximum absolute atomic E-state index is 5.10. The molecule has 4 nitrogen and oxygen atoms in total. The standard InChI is InChI=1S/C22H30N4/c1-8-16-11-19-20(15(6)12-26(19)14(4)5)25-21(16)17-9-10-18(13(2)3)24-22(17)23-7/h9-14H,8H2,1-7H3,(H,23,24). The van der Waals surface area contributed by atoms with Crippen LogP contribution in [0.2, 0.25) is 0 Å². The molecule has 0 saturated carbocycles. The van der Waals surface area contributed by atoms with Gasteiger partial charge in [-0.25, -0.2) is 9.97 Å². The number of hydrogen-bond donors (Lipinski definition) is 1. The first-order chi connectivity index (χ1) is 12.4. The van der Waals surface area contributed by atoms with E-state index >= 15 is 0 Å². The largest absolute Gasteiger partial charge is 0.373 e. The molecule has 4 heteroatoms. The van der Waals surface area contributed by atoms with E-state index in [2.05, 4.69) is 75.8 Å². The number of nitrogens with zero attached hydrogens (tertiary/aromatic N) is 3. The first kappa shape index (κ1) is 18.4. The molecule has 0 unspecified atom stereocenters. The lowest BCUT2D eigenvalue weighted by Gasteiger charge is -2.15. The van der Waals surface area contributed by atoms with Crippen LogP contribution in [0.5, 0.6) is 0 Å². The van der Waals surface area contributed by atoms with Gasteiger partial charge in [0.2, 0.25) is 0 Å². The summed E-state index contributed by atoms with van der Waals surface area (Å²) in [4.78, 5) is 9.92. The Morgan fingerprint density at radius 2 is 1.85 bits per heavy atom. The maximum Gasteiger partial charge on any atom is 0.135 e. The normalized spacial score (nSPS) is 11.7. The zero-order valence-corrected chi connectivity index (χ0v) is 17.0. The molecule has 3 rings (SSSR count). The van der Waals surface area contributed by atoms with Gasteiger partial charge >= 0.3 is 0 Å². The van der Waals surface area contributed by atoms with Gasteiger partial charge in [0.15, 0.2) is 0 Å². The molecule has 3 heterocycles. The van der Waals surface area contributed by atoms with E-state index < -0.39 is 0 Å². The van der Waals surface area contributed by atoms with E-state index in [-0.39, 0.29) is 0 Å². The Morgan fingerprint density at radius 3 is 2.42 bits per heavy atom. The minimum Gasteiger partial charge on any atom is -0.373 e. The third-order valence-corrected chi connectivity index (χ3v) is 5.00. The molecule has 0 aliphatic carbocycles. The zero-order chi connectivity index (χ0) is 19.0. The summed E-state index contributed by atoms with van der Waals surface area (Å²) in [5.41, 5.74) is 7.99. The molecule has 0 bridgehead atoms. The second kappa shape index (κ2) is 7.10. The van der Waals surface area contributed by atoms with E-state index in [1.807, 2.05) is 7.05 Å². The highest BCUT2D eigenvalue weighted by Crippen LogP contribution is 2.33. The number of aryl methyl sites for hydroxylation is 2. The third kappa shape index (κ3) is 3.09. The Kier molecular flexibility index (Phi) is 5.03. The van der Waals surface area contributed by atoms with Crippen molar-refractivity contribution in [2.45, 2.75) is 59.9 Å². The smallest absolute Gasteiger partial charge is 0.135 e. The van der Waals surface area contributed by atoms with Crippen LogP contribution >= 0.6 is 0 Å². The molecular weight excluding hydrogens is 320 g/mol. The topological polar surface area (TPSA) is 42.7 Å². The second-order valence-corrected chi connectivity index (χ2v) is 7.57. The van der Waals surface area contributed by atoms with Crippen LogP contribution < -0.4 is 5.32 Å². The Hall–Kier alpha value is -2.36. The van der Waals surface area contributed by atoms with Crippen LogP contribution in [-0.4, -0.2) is 21.6 Å². The van der Waals surface area contributed by atoms with Crippen molar-refractivity contribution in [3.05, 3.63) is 41.2 Å². The van der Waals surface area contributed by atoms with E-state index in [0.29, 0.717) is 12.0 Å². The van der Waals surface area contributed by atoms with Gasteiger partial charge in [-0.2, -0.15) is 0 Å². The third-order valence-electron chi connectivity index (χ3n) is 5.00. The number of pyridine rings is 2. The van der Waals surface area contributed by atoms with Crippen LogP contribution in [0.1, 0.15) is 63.4 Å². The summed E-state index contributed by atoms with van der Waals surface area (Å²) in [6.45, 7) is 13.1. The molecule has 26 heavy (non-hydrogen) atoms. The summed E-state index contributed by atoms with van der Waals surface area (Å²) < 4.78 is 2.32. The van der Waals surface area contributed by atoms with Crippen LogP contribution in [0.4, 0.5) is 5.82 Å². The lowest BCUT2D eigenvalue weighted by molar-refractivity contribution is 0.621. The van der Waals surface area contributed by atoms with E-state index in [0.717, 1.165) is 34.7 Å². The van der Waals surface area contributed by atoms with Crippen molar-refractivity contribution in [1.82, 2.24) is 14.5 Å². The van der Waals surface area contributed by atoms with Gasteiger partial charge in [-0.1, -0.05) is 20.8 Å². The monoisotopic (exact) mass is 350 g/mol. The number of hydrogen-bond acceptors (Lipinski definition) is 3. The van der Waals surface area contributed by atoms with Crippen molar-refractivity contribution in [2.24, 2.45) is 0 Å². The number of nitrogens with one attached hydrogen (secondary N) is 1. The summed E-state index contributed by atoms with van der Waals surface area (Å²) in [5, 5.41) is 3.27. The highest BCUT2D eigenvalue weighted by molar-refractivity contribution is 5.86. The minimum atomic E-state index is 0.402. The van der Waals surface area contributed by atoms with Crippen LogP contribution in [0.15, 0.2) is 24.4 Å². The summed E-state index contributed by atoms with van der Waals surface area (Å²) in [7, 11) is 1.93. The quantitative estimate of drug-likeness (QED) is 0.640. The predicted octanol–water partition coefficient (Wildman–Crippen LogP) is 5.72. The molecule has 3 aromatic heterocycles. The highest BCUT2D eigenvalue weighted by atomic mass is 15.0.